The monoisotopic (exact) mass is 235 g/mol. The van der Waals surface area contributed by atoms with Crippen molar-refractivity contribution in [1.29, 1.82) is 0 Å². The molecule has 2 heteroatoms. The average Bonchev–Trinajstić information content (AvgIpc) is 2.38. The summed E-state index contributed by atoms with van der Waals surface area (Å²) in [5, 5.41) is 12.3. The highest BCUT2D eigenvalue weighted by Crippen LogP contribution is 2.14. The number of likely N-dealkylation sites (N-methyl/N-ethyl adjacent to an activating group) is 1. The Morgan fingerprint density at radius 2 is 1.82 bits per heavy atom. The molecule has 0 heterocycles. The lowest BCUT2D eigenvalue weighted by molar-refractivity contribution is 0.251. The van der Waals surface area contributed by atoms with E-state index in [9.17, 15) is 5.11 Å². The van der Waals surface area contributed by atoms with Gasteiger partial charge < -0.3 is 10.4 Å². The Balaban J connectivity index is 2.44. The van der Waals surface area contributed by atoms with Gasteiger partial charge in [-0.15, -0.1) is 0 Å². The molecule has 1 aromatic rings. The molecular weight excluding hydrogens is 210 g/mol. The second-order valence-electron chi connectivity index (χ2n) is 4.58. The fourth-order valence-electron chi connectivity index (χ4n) is 2.04. The van der Waals surface area contributed by atoms with E-state index in [1.165, 1.54) is 37.7 Å². The van der Waals surface area contributed by atoms with Crippen molar-refractivity contribution in [1.82, 2.24) is 5.32 Å². The van der Waals surface area contributed by atoms with Crippen LogP contribution in [0.3, 0.4) is 0 Å². The highest BCUT2D eigenvalue weighted by molar-refractivity contribution is 5.25. The number of benzene rings is 1. The number of hydrogen-bond acceptors (Lipinski definition) is 2. The van der Waals surface area contributed by atoms with E-state index < -0.39 is 0 Å². The number of aliphatic hydroxyl groups excluding tert-OH is 1. The van der Waals surface area contributed by atoms with Crippen LogP contribution in [-0.4, -0.2) is 18.8 Å². The minimum Gasteiger partial charge on any atom is -0.394 e. The first-order valence-electron chi connectivity index (χ1n) is 6.68. The van der Waals surface area contributed by atoms with Gasteiger partial charge in [0.1, 0.15) is 0 Å². The van der Waals surface area contributed by atoms with Crippen molar-refractivity contribution >= 4 is 0 Å². The predicted molar refractivity (Wildman–Crippen MR) is 73.2 cm³/mol. The quantitative estimate of drug-likeness (QED) is 0.679. The maximum atomic E-state index is 9.19. The molecule has 1 rings (SSSR count). The van der Waals surface area contributed by atoms with Gasteiger partial charge in [0.05, 0.1) is 12.6 Å². The topological polar surface area (TPSA) is 32.3 Å². The van der Waals surface area contributed by atoms with Gasteiger partial charge in [-0.1, -0.05) is 50.5 Å². The Morgan fingerprint density at radius 1 is 1.12 bits per heavy atom. The van der Waals surface area contributed by atoms with Crippen molar-refractivity contribution in [2.45, 2.75) is 45.1 Å². The van der Waals surface area contributed by atoms with Crippen LogP contribution in [0.4, 0.5) is 0 Å². The SMILES string of the molecule is CCCCCCc1ccc(C(CO)NC)cc1. The molecule has 17 heavy (non-hydrogen) atoms. The van der Waals surface area contributed by atoms with Gasteiger partial charge in [-0.05, 0) is 31.0 Å². The lowest BCUT2D eigenvalue weighted by Crippen LogP contribution is -2.19. The van der Waals surface area contributed by atoms with Gasteiger partial charge in [-0.3, -0.25) is 0 Å². The van der Waals surface area contributed by atoms with Crippen molar-refractivity contribution < 1.29 is 5.11 Å². The summed E-state index contributed by atoms with van der Waals surface area (Å²) in [5.74, 6) is 0. The second kappa shape index (κ2) is 8.26. The Labute approximate surface area is 105 Å². The van der Waals surface area contributed by atoms with E-state index >= 15 is 0 Å². The first-order valence-corrected chi connectivity index (χ1v) is 6.68. The molecule has 0 aliphatic heterocycles. The van der Waals surface area contributed by atoms with Crippen LogP contribution in [0.25, 0.3) is 0 Å². The summed E-state index contributed by atoms with van der Waals surface area (Å²) in [5.41, 5.74) is 2.56. The summed E-state index contributed by atoms with van der Waals surface area (Å²) >= 11 is 0. The molecule has 0 amide bonds. The summed E-state index contributed by atoms with van der Waals surface area (Å²) < 4.78 is 0. The molecule has 96 valence electrons. The first kappa shape index (κ1) is 14.2. The van der Waals surface area contributed by atoms with Crippen molar-refractivity contribution in [2.24, 2.45) is 0 Å². The standard InChI is InChI=1S/C15H25NO/c1-3-4-5-6-7-13-8-10-14(11-9-13)15(12-17)16-2/h8-11,15-17H,3-7,12H2,1-2H3. The van der Waals surface area contributed by atoms with E-state index in [1.807, 2.05) is 7.05 Å². The van der Waals surface area contributed by atoms with Crippen LogP contribution in [0.15, 0.2) is 24.3 Å². The summed E-state index contributed by atoms with van der Waals surface area (Å²) in [6, 6.07) is 8.66. The van der Waals surface area contributed by atoms with Crippen LogP contribution in [0.2, 0.25) is 0 Å². The van der Waals surface area contributed by atoms with Crippen molar-refractivity contribution in [3.63, 3.8) is 0 Å². The van der Waals surface area contributed by atoms with E-state index in [4.69, 9.17) is 0 Å². The second-order valence-corrected chi connectivity index (χ2v) is 4.58. The largest absolute Gasteiger partial charge is 0.394 e. The third-order valence-electron chi connectivity index (χ3n) is 3.23. The Bertz CT molecular complexity index is 290. The van der Waals surface area contributed by atoms with Crippen LogP contribution in [0.1, 0.15) is 49.8 Å². The highest BCUT2D eigenvalue weighted by atomic mass is 16.3. The number of hydrogen-bond donors (Lipinski definition) is 2. The van der Waals surface area contributed by atoms with Crippen molar-refractivity contribution in [2.75, 3.05) is 13.7 Å². The van der Waals surface area contributed by atoms with Crippen molar-refractivity contribution in [3.05, 3.63) is 35.4 Å². The minimum atomic E-state index is 0.0594. The molecule has 0 spiro atoms. The summed E-state index contributed by atoms with van der Waals surface area (Å²) in [6.07, 6.45) is 6.41. The van der Waals surface area contributed by atoms with Crippen LogP contribution in [-0.2, 0) is 6.42 Å². The number of rotatable bonds is 8. The fourth-order valence-corrected chi connectivity index (χ4v) is 2.04. The van der Waals surface area contributed by atoms with Crippen LogP contribution >= 0.6 is 0 Å². The third kappa shape index (κ3) is 4.88. The molecule has 0 aliphatic carbocycles. The first-order chi connectivity index (χ1) is 8.31. The molecule has 0 aliphatic rings. The molecule has 0 fully saturated rings. The maximum absolute atomic E-state index is 9.19. The molecule has 0 saturated heterocycles. The molecule has 0 radical (unpaired) electrons. The van der Waals surface area contributed by atoms with Crippen LogP contribution < -0.4 is 5.32 Å². The number of nitrogens with one attached hydrogen (secondary N) is 1. The number of aliphatic hydroxyl groups is 1. The Hall–Kier alpha value is -0.860. The molecule has 1 atom stereocenters. The smallest absolute Gasteiger partial charge is 0.0626 e. The molecule has 0 aromatic heterocycles. The van der Waals surface area contributed by atoms with Gasteiger partial charge in [0.25, 0.3) is 0 Å². The average molecular weight is 235 g/mol. The summed E-state index contributed by atoms with van der Waals surface area (Å²) in [6.45, 7) is 2.38. The lowest BCUT2D eigenvalue weighted by atomic mass is 10.0. The van der Waals surface area contributed by atoms with E-state index in [0.717, 1.165) is 5.56 Å². The fraction of sp³-hybridized carbons (Fsp3) is 0.600. The van der Waals surface area contributed by atoms with Gasteiger partial charge in [-0.25, -0.2) is 0 Å². The van der Waals surface area contributed by atoms with E-state index in [-0.39, 0.29) is 12.6 Å². The maximum Gasteiger partial charge on any atom is 0.0626 e. The summed E-state index contributed by atoms with van der Waals surface area (Å²) in [7, 11) is 1.87. The predicted octanol–water partition coefficient (Wildman–Crippen LogP) is 3.06. The molecule has 0 saturated carbocycles. The molecule has 2 nitrogen and oxygen atoms in total. The zero-order chi connectivity index (χ0) is 12.5. The number of aryl methyl sites for hydroxylation is 1. The number of unbranched alkanes of at least 4 members (excludes halogenated alkanes) is 3. The Morgan fingerprint density at radius 3 is 2.35 bits per heavy atom. The van der Waals surface area contributed by atoms with Gasteiger partial charge in [0, 0.05) is 0 Å². The third-order valence-corrected chi connectivity index (χ3v) is 3.23. The zero-order valence-corrected chi connectivity index (χ0v) is 11.1. The Kier molecular flexibility index (Phi) is 6.90. The van der Waals surface area contributed by atoms with E-state index in [1.54, 1.807) is 0 Å². The van der Waals surface area contributed by atoms with Gasteiger partial charge in [0.2, 0.25) is 0 Å². The summed E-state index contributed by atoms with van der Waals surface area (Å²) in [4.78, 5) is 0. The van der Waals surface area contributed by atoms with Gasteiger partial charge in [-0.2, -0.15) is 0 Å². The molecular formula is C15H25NO. The molecule has 2 N–H and O–H groups in total. The van der Waals surface area contributed by atoms with Crippen LogP contribution in [0.5, 0.6) is 0 Å². The molecule has 0 bridgehead atoms. The minimum absolute atomic E-state index is 0.0594. The zero-order valence-electron chi connectivity index (χ0n) is 11.1. The highest BCUT2D eigenvalue weighted by Gasteiger charge is 2.06. The van der Waals surface area contributed by atoms with E-state index in [2.05, 4.69) is 36.5 Å². The molecule has 1 unspecified atom stereocenters. The molecule has 1 aromatic carbocycles. The normalized spacial score (nSPS) is 12.6. The van der Waals surface area contributed by atoms with Gasteiger partial charge >= 0.3 is 0 Å². The van der Waals surface area contributed by atoms with Crippen LogP contribution in [0, 0.1) is 0 Å². The van der Waals surface area contributed by atoms with Crippen molar-refractivity contribution in [3.8, 4) is 0 Å². The lowest BCUT2D eigenvalue weighted by Gasteiger charge is -2.13. The van der Waals surface area contributed by atoms with Gasteiger partial charge in [0.15, 0.2) is 0 Å². The van der Waals surface area contributed by atoms with E-state index in [0.29, 0.717) is 0 Å².